The van der Waals surface area contributed by atoms with Crippen LogP contribution in [0.2, 0.25) is 0 Å². The molecular weight excluding hydrogens is 459 g/mol. The highest BCUT2D eigenvalue weighted by atomic mass is 79.9. The fourth-order valence-corrected chi connectivity index (χ4v) is 5.20. The topological polar surface area (TPSA) is 34.5 Å². The lowest BCUT2D eigenvalue weighted by Gasteiger charge is -2.33. The highest BCUT2D eigenvalue weighted by molar-refractivity contribution is 9.10. The SMILES string of the molecule is CCOC(=O)Cc1ccc2cc(Br)n(C3CCN(CCc4ccccc4F)CC3)c2c1. The number of ether oxygens (including phenoxy) is 1. The Hall–Kier alpha value is -2.18. The van der Waals surface area contributed by atoms with Gasteiger partial charge in [-0.2, -0.15) is 0 Å². The van der Waals surface area contributed by atoms with Crippen molar-refractivity contribution < 1.29 is 13.9 Å². The van der Waals surface area contributed by atoms with Gasteiger partial charge < -0.3 is 14.2 Å². The highest BCUT2D eigenvalue weighted by Crippen LogP contribution is 2.33. The zero-order chi connectivity index (χ0) is 21.8. The second kappa shape index (κ2) is 9.96. The van der Waals surface area contributed by atoms with Crippen LogP contribution in [0.4, 0.5) is 4.39 Å². The molecule has 1 saturated heterocycles. The van der Waals surface area contributed by atoms with Gasteiger partial charge in [-0.05, 0) is 71.4 Å². The minimum absolute atomic E-state index is 0.112. The van der Waals surface area contributed by atoms with Crippen molar-refractivity contribution in [3.63, 3.8) is 0 Å². The molecule has 0 amide bonds. The predicted molar refractivity (Wildman–Crippen MR) is 125 cm³/mol. The van der Waals surface area contributed by atoms with E-state index in [1.165, 1.54) is 11.5 Å². The van der Waals surface area contributed by atoms with E-state index in [0.29, 0.717) is 19.1 Å². The van der Waals surface area contributed by atoms with Crippen LogP contribution >= 0.6 is 15.9 Å². The average molecular weight is 487 g/mol. The van der Waals surface area contributed by atoms with Gasteiger partial charge in [-0.1, -0.05) is 30.3 Å². The number of esters is 1. The summed E-state index contributed by atoms with van der Waals surface area (Å²) in [4.78, 5) is 14.3. The standard InChI is InChI=1S/C25H28BrFN2O2/c1-2-31-25(30)16-18-7-8-20-17-24(26)29(23(20)15-18)21-10-13-28(14-11-21)12-9-19-5-3-4-6-22(19)27/h3-8,15,17,21H,2,9-14,16H2,1H3. The van der Waals surface area contributed by atoms with Gasteiger partial charge >= 0.3 is 5.97 Å². The van der Waals surface area contributed by atoms with Gasteiger partial charge in [0, 0.05) is 36.6 Å². The van der Waals surface area contributed by atoms with Crippen LogP contribution in [0.5, 0.6) is 0 Å². The quantitative estimate of drug-likeness (QED) is 0.411. The number of rotatable bonds is 7. The molecule has 0 radical (unpaired) electrons. The van der Waals surface area contributed by atoms with Gasteiger partial charge in [-0.15, -0.1) is 0 Å². The van der Waals surface area contributed by atoms with Crippen LogP contribution < -0.4 is 0 Å². The molecule has 1 aliphatic heterocycles. The molecule has 6 heteroatoms. The summed E-state index contributed by atoms with van der Waals surface area (Å²) in [5, 5.41) is 1.17. The van der Waals surface area contributed by atoms with Gasteiger partial charge in [-0.3, -0.25) is 4.79 Å². The number of hydrogen-bond donors (Lipinski definition) is 0. The average Bonchev–Trinajstić information content (AvgIpc) is 3.09. The van der Waals surface area contributed by atoms with E-state index in [1.54, 1.807) is 6.07 Å². The third-order valence-corrected chi connectivity index (χ3v) is 6.70. The van der Waals surface area contributed by atoms with E-state index in [2.05, 4.69) is 43.6 Å². The molecular formula is C25H28BrFN2O2. The Kier molecular flexibility index (Phi) is 7.08. The number of benzene rings is 2. The summed E-state index contributed by atoms with van der Waals surface area (Å²) < 4.78 is 22.4. The predicted octanol–water partition coefficient (Wildman–Crippen LogP) is 5.53. The number of aromatic nitrogens is 1. The van der Waals surface area contributed by atoms with E-state index in [9.17, 15) is 9.18 Å². The summed E-state index contributed by atoms with van der Waals surface area (Å²) in [7, 11) is 0. The van der Waals surface area contributed by atoms with Crippen molar-refractivity contribution in [3.05, 3.63) is 70.1 Å². The van der Waals surface area contributed by atoms with Crippen molar-refractivity contribution in [1.29, 1.82) is 0 Å². The van der Waals surface area contributed by atoms with E-state index >= 15 is 0 Å². The van der Waals surface area contributed by atoms with Gasteiger partial charge in [0.05, 0.1) is 17.6 Å². The third kappa shape index (κ3) is 5.18. The highest BCUT2D eigenvalue weighted by Gasteiger charge is 2.23. The molecule has 4 nitrogen and oxygen atoms in total. The Balaban J connectivity index is 1.42. The van der Waals surface area contributed by atoms with E-state index in [1.807, 2.05) is 25.1 Å². The third-order valence-electron chi connectivity index (χ3n) is 6.09. The van der Waals surface area contributed by atoms with Crippen molar-refractivity contribution in [2.75, 3.05) is 26.2 Å². The number of carbonyl (C=O) groups excluding carboxylic acids is 1. The van der Waals surface area contributed by atoms with Crippen LogP contribution in [-0.2, 0) is 22.4 Å². The van der Waals surface area contributed by atoms with Gasteiger partial charge in [0.1, 0.15) is 5.82 Å². The molecule has 1 aliphatic rings. The fraction of sp³-hybridized carbons (Fsp3) is 0.400. The Morgan fingerprint density at radius 3 is 2.68 bits per heavy atom. The second-order valence-electron chi connectivity index (χ2n) is 8.13. The number of carbonyl (C=O) groups is 1. The molecule has 1 fully saturated rings. The maximum Gasteiger partial charge on any atom is 0.310 e. The maximum atomic E-state index is 13.9. The lowest BCUT2D eigenvalue weighted by Crippen LogP contribution is -2.36. The Labute approximate surface area is 191 Å². The summed E-state index contributed by atoms with van der Waals surface area (Å²) >= 11 is 3.75. The largest absolute Gasteiger partial charge is 0.466 e. The fourth-order valence-electron chi connectivity index (χ4n) is 4.47. The molecule has 4 rings (SSSR count). The molecule has 0 N–H and O–H groups in total. The van der Waals surface area contributed by atoms with Crippen LogP contribution in [0.25, 0.3) is 10.9 Å². The molecule has 2 aromatic carbocycles. The van der Waals surface area contributed by atoms with E-state index in [4.69, 9.17) is 4.74 Å². The summed E-state index contributed by atoms with van der Waals surface area (Å²) in [6.45, 7) is 5.09. The lowest BCUT2D eigenvalue weighted by molar-refractivity contribution is -0.142. The van der Waals surface area contributed by atoms with Crippen LogP contribution in [0.3, 0.4) is 0 Å². The molecule has 0 atom stereocenters. The summed E-state index contributed by atoms with van der Waals surface area (Å²) in [6.07, 6.45) is 3.12. The molecule has 2 heterocycles. The van der Waals surface area contributed by atoms with Crippen molar-refractivity contribution >= 4 is 32.8 Å². The number of hydrogen-bond acceptors (Lipinski definition) is 3. The molecule has 0 saturated carbocycles. The Morgan fingerprint density at radius 1 is 1.16 bits per heavy atom. The molecule has 0 unspecified atom stereocenters. The molecule has 0 spiro atoms. The van der Waals surface area contributed by atoms with Crippen molar-refractivity contribution in [3.8, 4) is 0 Å². The van der Waals surface area contributed by atoms with Gasteiger partial charge in [-0.25, -0.2) is 4.39 Å². The van der Waals surface area contributed by atoms with Crippen LogP contribution in [0, 0.1) is 5.82 Å². The van der Waals surface area contributed by atoms with E-state index < -0.39 is 0 Å². The van der Waals surface area contributed by atoms with Gasteiger partial charge in [0.15, 0.2) is 0 Å². The van der Waals surface area contributed by atoms with Crippen LogP contribution in [-0.4, -0.2) is 41.7 Å². The van der Waals surface area contributed by atoms with Crippen molar-refractivity contribution in [2.24, 2.45) is 0 Å². The monoisotopic (exact) mass is 486 g/mol. The smallest absolute Gasteiger partial charge is 0.310 e. The number of halogens is 2. The summed E-state index contributed by atoms with van der Waals surface area (Å²) in [5.74, 6) is -0.305. The van der Waals surface area contributed by atoms with E-state index in [0.717, 1.165) is 60.1 Å². The van der Waals surface area contributed by atoms with Crippen LogP contribution in [0.1, 0.15) is 36.9 Å². The zero-order valence-electron chi connectivity index (χ0n) is 17.8. The molecule has 0 bridgehead atoms. The minimum Gasteiger partial charge on any atom is -0.466 e. The number of nitrogens with zero attached hydrogens (tertiary/aromatic N) is 2. The molecule has 164 valence electrons. The Morgan fingerprint density at radius 2 is 1.94 bits per heavy atom. The van der Waals surface area contributed by atoms with Crippen molar-refractivity contribution in [2.45, 2.75) is 38.6 Å². The zero-order valence-corrected chi connectivity index (χ0v) is 19.4. The maximum absolute atomic E-state index is 13.9. The lowest BCUT2D eigenvalue weighted by atomic mass is 10.0. The first-order valence-electron chi connectivity index (χ1n) is 11.0. The normalized spacial score (nSPS) is 15.5. The molecule has 0 aliphatic carbocycles. The molecule has 3 aromatic rings. The van der Waals surface area contributed by atoms with Gasteiger partial charge in [0.2, 0.25) is 0 Å². The van der Waals surface area contributed by atoms with Crippen LogP contribution in [0.15, 0.2) is 53.1 Å². The minimum atomic E-state index is -0.192. The molecule has 31 heavy (non-hydrogen) atoms. The number of piperidine rings is 1. The Bertz CT molecular complexity index is 1060. The van der Waals surface area contributed by atoms with Crippen molar-refractivity contribution in [1.82, 2.24) is 9.47 Å². The molecule has 1 aromatic heterocycles. The number of fused-ring (bicyclic) bond motifs is 1. The first-order chi connectivity index (χ1) is 15.0. The summed E-state index contributed by atoms with van der Waals surface area (Å²) in [5.41, 5.74) is 2.91. The number of likely N-dealkylation sites (tertiary alicyclic amines) is 1. The second-order valence-corrected chi connectivity index (χ2v) is 8.94. The summed E-state index contributed by atoms with van der Waals surface area (Å²) in [6, 6.07) is 15.8. The van der Waals surface area contributed by atoms with E-state index in [-0.39, 0.29) is 11.8 Å². The first-order valence-corrected chi connectivity index (χ1v) is 11.7. The first kappa shape index (κ1) is 22.0. The van der Waals surface area contributed by atoms with Gasteiger partial charge in [0.25, 0.3) is 0 Å².